The second-order valence-electron chi connectivity index (χ2n) is 8.63. The molecule has 3 aromatic heterocycles. The molecule has 0 fully saturated rings. The highest BCUT2D eigenvalue weighted by molar-refractivity contribution is 7.10. The van der Waals surface area contributed by atoms with E-state index in [2.05, 4.69) is 30.6 Å². The number of hydrogen-bond acceptors (Lipinski definition) is 7. The van der Waals surface area contributed by atoms with Gasteiger partial charge >= 0.3 is 0 Å². The van der Waals surface area contributed by atoms with Crippen LogP contribution in [0.25, 0.3) is 21.9 Å². The van der Waals surface area contributed by atoms with Crippen molar-refractivity contribution >= 4 is 50.8 Å². The van der Waals surface area contributed by atoms with Crippen molar-refractivity contribution in [2.24, 2.45) is 0 Å². The van der Waals surface area contributed by atoms with E-state index in [0.717, 1.165) is 43.8 Å². The molecule has 6 rings (SSSR count). The number of carbonyl (C=O) groups is 2. The van der Waals surface area contributed by atoms with Gasteiger partial charge in [0.2, 0.25) is 5.91 Å². The van der Waals surface area contributed by atoms with Crippen molar-refractivity contribution in [1.82, 2.24) is 30.2 Å². The molecule has 0 aliphatic carbocycles. The summed E-state index contributed by atoms with van der Waals surface area (Å²) in [7, 11) is 1.60. The van der Waals surface area contributed by atoms with Crippen LogP contribution in [-0.4, -0.2) is 49.7 Å². The van der Waals surface area contributed by atoms with Crippen molar-refractivity contribution in [2.75, 3.05) is 12.4 Å². The van der Waals surface area contributed by atoms with Gasteiger partial charge in [-0.1, -0.05) is 18.2 Å². The average molecular weight is 498 g/mol. The minimum absolute atomic E-state index is 0.188. The molecular formula is C26H23N7O2S. The van der Waals surface area contributed by atoms with E-state index in [4.69, 9.17) is 0 Å². The highest BCUT2D eigenvalue weighted by Gasteiger charge is 2.37. The molecule has 4 heterocycles. The number of benzene rings is 2. The molecule has 9 nitrogen and oxygen atoms in total. The lowest BCUT2D eigenvalue weighted by Crippen LogP contribution is -2.52. The Labute approximate surface area is 210 Å². The van der Waals surface area contributed by atoms with Crippen molar-refractivity contribution < 1.29 is 9.59 Å². The third-order valence-corrected chi connectivity index (χ3v) is 7.41. The smallest absolute Gasteiger partial charge is 0.274 e. The number of thiazole rings is 1. The summed E-state index contributed by atoms with van der Waals surface area (Å²) in [5.41, 5.74) is 7.56. The number of fused-ring (bicyclic) bond motifs is 4. The lowest BCUT2D eigenvalue weighted by molar-refractivity contribution is -0.125. The predicted octanol–water partition coefficient (Wildman–Crippen LogP) is 3.49. The zero-order chi connectivity index (χ0) is 24.6. The molecule has 2 amide bonds. The second-order valence-corrected chi connectivity index (χ2v) is 9.57. The van der Waals surface area contributed by atoms with Crippen LogP contribution in [0.1, 0.15) is 26.6 Å². The van der Waals surface area contributed by atoms with E-state index >= 15 is 0 Å². The number of rotatable bonds is 5. The standard InChI is InChI=1S/C26H23N7O2S/c1-27-25(34)22-11-17-16-4-2-3-5-18(16)32-21(17)13-33(22)26(35)24-23(36-14-31-24)12-30-15-6-7-19-20(10-15)29-9-8-28-19/h2-10,14,22,30,32H,11-13H2,1H3,(H,27,34). The number of aromatic nitrogens is 4. The summed E-state index contributed by atoms with van der Waals surface area (Å²) < 4.78 is 0. The molecule has 1 aliphatic rings. The van der Waals surface area contributed by atoms with Crippen LogP contribution in [0, 0.1) is 0 Å². The Kier molecular flexibility index (Phi) is 5.57. The summed E-state index contributed by atoms with van der Waals surface area (Å²) in [6.07, 6.45) is 3.77. The van der Waals surface area contributed by atoms with E-state index in [1.807, 2.05) is 42.5 Å². The Hall–Kier alpha value is -4.31. The van der Waals surface area contributed by atoms with Crippen molar-refractivity contribution in [1.29, 1.82) is 0 Å². The summed E-state index contributed by atoms with van der Waals surface area (Å²) in [6, 6.07) is 13.2. The van der Waals surface area contributed by atoms with E-state index in [1.165, 1.54) is 11.3 Å². The molecule has 0 saturated heterocycles. The van der Waals surface area contributed by atoms with E-state index in [9.17, 15) is 9.59 Å². The fourth-order valence-corrected chi connectivity index (χ4v) is 5.48. The van der Waals surface area contributed by atoms with Gasteiger partial charge in [0.1, 0.15) is 11.7 Å². The number of likely N-dealkylation sites (N-methyl/N-ethyl adjacent to an activating group) is 1. The van der Waals surface area contributed by atoms with Crippen molar-refractivity contribution in [3.8, 4) is 0 Å². The molecular weight excluding hydrogens is 474 g/mol. The van der Waals surface area contributed by atoms with Gasteiger partial charge in [-0.25, -0.2) is 4.98 Å². The molecule has 2 aromatic carbocycles. The number of aromatic amines is 1. The summed E-state index contributed by atoms with van der Waals surface area (Å²) in [5.74, 6) is -0.443. The molecule has 180 valence electrons. The maximum Gasteiger partial charge on any atom is 0.274 e. The molecule has 1 unspecified atom stereocenters. The Morgan fingerprint density at radius 1 is 1.11 bits per heavy atom. The zero-order valence-corrected chi connectivity index (χ0v) is 20.3. The molecule has 10 heteroatoms. The quantitative estimate of drug-likeness (QED) is 0.342. The topological polar surface area (TPSA) is 116 Å². The SMILES string of the molecule is CNC(=O)C1Cc2c([nH]c3ccccc23)CN1C(=O)c1ncsc1CNc1ccc2nccnc2c1. The lowest BCUT2D eigenvalue weighted by atomic mass is 9.95. The van der Waals surface area contributed by atoms with Gasteiger partial charge in [0.25, 0.3) is 5.91 Å². The number of para-hydroxylation sites is 1. The predicted molar refractivity (Wildman–Crippen MR) is 139 cm³/mol. The van der Waals surface area contributed by atoms with Crippen LogP contribution in [-0.2, 0) is 24.3 Å². The number of H-pyrrole nitrogens is 1. The number of amides is 2. The van der Waals surface area contributed by atoms with Gasteiger partial charge in [-0.15, -0.1) is 11.3 Å². The Morgan fingerprint density at radius 2 is 1.94 bits per heavy atom. The fourth-order valence-electron chi connectivity index (χ4n) is 4.78. The normalized spacial score (nSPS) is 15.1. The molecule has 3 N–H and O–H groups in total. The highest BCUT2D eigenvalue weighted by Crippen LogP contribution is 2.32. The Morgan fingerprint density at radius 3 is 2.81 bits per heavy atom. The Bertz CT molecular complexity index is 1610. The average Bonchev–Trinajstić information content (AvgIpc) is 3.54. The van der Waals surface area contributed by atoms with Crippen LogP contribution in [0.2, 0.25) is 0 Å². The van der Waals surface area contributed by atoms with Gasteiger partial charge in [-0.3, -0.25) is 19.6 Å². The lowest BCUT2D eigenvalue weighted by Gasteiger charge is -2.34. The minimum Gasteiger partial charge on any atom is -0.380 e. The van der Waals surface area contributed by atoms with E-state index in [0.29, 0.717) is 25.2 Å². The molecule has 1 aliphatic heterocycles. The number of nitrogens with zero attached hydrogens (tertiary/aromatic N) is 4. The monoisotopic (exact) mass is 497 g/mol. The van der Waals surface area contributed by atoms with E-state index in [1.54, 1.807) is 29.9 Å². The highest BCUT2D eigenvalue weighted by atomic mass is 32.1. The van der Waals surface area contributed by atoms with E-state index < -0.39 is 6.04 Å². The number of carbonyl (C=O) groups excluding carboxylic acids is 2. The van der Waals surface area contributed by atoms with Gasteiger partial charge < -0.3 is 20.5 Å². The van der Waals surface area contributed by atoms with Crippen LogP contribution in [0.3, 0.4) is 0 Å². The Balaban J connectivity index is 1.27. The largest absolute Gasteiger partial charge is 0.380 e. The molecule has 36 heavy (non-hydrogen) atoms. The minimum atomic E-state index is -0.615. The van der Waals surface area contributed by atoms with Gasteiger partial charge in [-0.05, 0) is 29.8 Å². The summed E-state index contributed by atoms with van der Waals surface area (Å²) in [4.78, 5) is 45.5. The first-order valence-corrected chi connectivity index (χ1v) is 12.5. The van der Waals surface area contributed by atoms with Crippen LogP contribution >= 0.6 is 11.3 Å². The molecule has 0 bridgehead atoms. The summed E-state index contributed by atoms with van der Waals surface area (Å²) in [6.45, 7) is 0.738. The molecule has 5 aromatic rings. The maximum atomic E-state index is 13.8. The van der Waals surface area contributed by atoms with Crippen LogP contribution < -0.4 is 10.6 Å². The second kappa shape index (κ2) is 9.04. The summed E-state index contributed by atoms with van der Waals surface area (Å²) in [5, 5.41) is 7.18. The van der Waals surface area contributed by atoms with Crippen LogP contribution in [0.4, 0.5) is 5.69 Å². The molecule has 0 spiro atoms. The number of anilines is 1. The number of hydrogen-bond donors (Lipinski definition) is 3. The van der Waals surface area contributed by atoms with Crippen LogP contribution in [0.15, 0.2) is 60.4 Å². The van der Waals surface area contributed by atoms with Gasteiger partial charge in [0, 0.05) is 48.1 Å². The van der Waals surface area contributed by atoms with Crippen molar-refractivity contribution in [3.05, 3.63) is 82.2 Å². The third-order valence-electron chi connectivity index (χ3n) is 6.58. The molecule has 1 atom stereocenters. The van der Waals surface area contributed by atoms with Crippen molar-refractivity contribution in [3.63, 3.8) is 0 Å². The van der Waals surface area contributed by atoms with E-state index in [-0.39, 0.29) is 11.8 Å². The van der Waals surface area contributed by atoms with Gasteiger partial charge in [0.15, 0.2) is 0 Å². The zero-order valence-electron chi connectivity index (χ0n) is 19.5. The van der Waals surface area contributed by atoms with Gasteiger partial charge in [-0.2, -0.15) is 0 Å². The number of nitrogens with one attached hydrogen (secondary N) is 3. The molecule has 0 saturated carbocycles. The fraction of sp³-hybridized carbons (Fsp3) is 0.192. The first kappa shape index (κ1) is 22.2. The first-order valence-electron chi connectivity index (χ1n) is 11.6. The van der Waals surface area contributed by atoms with Crippen LogP contribution in [0.5, 0.6) is 0 Å². The third kappa shape index (κ3) is 3.85. The summed E-state index contributed by atoms with van der Waals surface area (Å²) >= 11 is 1.41. The first-order chi connectivity index (χ1) is 17.6. The van der Waals surface area contributed by atoms with Gasteiger partial charge in [0.05, 0.1) is 34.5 Å². The molecule has 0 radical (unpaired) electrons. The van der Waals surface area contributed by atoms with Crippen molar-refractivity contribution in [2.45, 2.75) is 25.6 Å². The maximum absolute atomic E-state index is 13.8.